The van der Waals surface area contributed by atoms with Crippen LogP contribution in [0.4, 0.5) is 0 Å². The maximum absolute atomic E-state index is 11.8. The first-order valence-electron chi connectivity index (χ1n) is 5.00. The van der Waals surface area contributed by atoms with Crippen molar-refractivity contribution in [1.29, 1.82) is 5.26 Å². The average Bonchev–Trinajstić information content (AvgIpc) is 2.36. The SMILES string of the molecule is COc1cc2c(cc1Cl)c(O)c(C#N)c(=O)n2C. The van der Waals surface area contributed by atoms with Gasteiger partial charge in [0.1, 0.15) is 17.6 Å². The summed E-state index contributed by atoms with van der Waals surface area (Å²) in [7, 11) is 2.97. The fraction of sp³-hybridized carbons (Fsp3) is 0.167. The van der Waals surface area contributed by atoms with E-state index in [4.69, 9.17) is 21.6 Å². The first kappa shape index (κ1) is 12.3. The average molecular weight is 265 g/mol. The molecule has 0 fully saturated rings. The van der Waals surface area contributed by atoms with Crippen molar-refractivity contribution in [2.75, 3.05) is 7.11 Å². The Morgan fingerprint density at radius 2 is 2.17 bits per heavy atom. The van der Waals surface area contributed by atoms with Crippen molar-refractivity contribution in [3.8, 4) is 17.6 Å². The summed E-state index contributed by atoms with van der Waals surface area (Å²) in [5, 5.41) is 19.4. The molecule has 0 bridgehead atoms. The van der Waals surface area contributed by atoms with Crippen molar-refractivity contribution in [1.82, 2.24) is 4.57 Å². The molecule has 0 aliphatic heterocycles. The van der Waals surface area contributed by atoms with Crippen molar-refractivity contribution in [3.05, 3.63) is 33.1 Å². The highest BCUT2D eigenvalue weighted by molar-refractivity contribution is 6.33. The zero-order chi connectivity index (χ0) is 13.4. The third-order valence-corrected chi connectivity index (χ3v) is 3.05. The minimum Gasteiger partial charge on any atom is -0.506 e. The molecule has 1 N–H and O–H groups in total. The van der Waals surface area contributed by atoms with E-state index in [0.29, 0.717) is 21.7 Å². The highest BCUT2D eigenvalue weighted by atomic mass is 35.5. The standard InChI is InChI=1S/C12H9ClN2O3/c1-15-9-4-10(18-2)8(13)3-6(9)11(16)7(5-14)12(15)17/h3-4,16H,1-2H3. The molecule has 0 spiro atoms. The summed E-state index contributed by atoms with van der Waals surface area (Å²) in [6, 6.07) is 4.69. The zero-order valence-electron chi connectivity index (χ0n) is 9.69. The molecule has 0 saturated carbocycles. The summed E-state index contributed by atoms with van der Waals surface area (Å²) in [6.07, 6.45) is 0. The van der Waals surface area contributed by atoms with Gasteiger partial charge in [0, 0.05) is 18.5 Å². The van der Waals surface area contributed by atoms with E-state index >= 15 is 0 Å². The van der Waals surface area contributed by atoms with Gasteiger partial charge < -0.3 is 14.4 Å². The fourth-order valence-corrected chi connectivity index (χ4v) is 2.02. The Bertz CT molecular complexity index is 744. The predicted octanol–water partition coefficient (Wildman–Crippen LogP) is 1.78. The quantitative estimate of drug-likeness (QED) is 0.852. The summed E-state index contributed by atoms with van der Waals surface area (Å²) in [6.45, 7) is 0. The molecule has 2 aromatic rings. The first-order chi connectivity index (χ1) is 8.51. The van der Waals surface area contributed by atoms with Crippen LogP contribution in [0.3, 0.4) is 0 Å². The molecule has 5 nitrogen and oxygen atoms in total. The van der Waals surface area contributed by atoms with Gasteiger partial charge >= 0.3 is 0 Å². The summed E-state index contributed by atoms with van der Waals surface area (Å²) in [5.74, 6) is 0.0310. The third-order valence-electron chi connectivity index (χ3n) is 2.75. The molecule has 2 rings (SSSR count). The van der Waals surface area contributed by atoms with Gasteiger partial charge in [0.2, 0.25) is 0 Å². The zero-order valence-corrected chi connectivity index (χ0v) is 10.4. The molecule has 0 saturated heterocycles. The minimum absolute atomic E-state index is 0.294. The van der Waals surface area contributed by atoms with Crippen LogP contribution in [0.15, 0.2) is 16.9 Å². The van der Waals surface area contributed by atoms with Crippen LogP contribution >= 0.6 is 11.6 Å². The second-order valence-electron chi connectivity index (χ2n) is 3.70. The van der Waals surface area contributed by atoms with Crippen molar-refractivity contribution >= 4 is 22.5 Å². The molecule has 0 aliphatic carbocycles. The topological polar surface area (TPSA) is 75.2 Å². The number of benzene rings is 1. The minimum atomic E-state index is -0.563. The third kappa shape index (κ3) is 1.59. The van der Waals surface area contributed by atoms with Gasteiger partial charge in [-0.2, -0.15) is 5.26 Å². The van der Waals surface area contributed by atoms with E-state index in [1.807, 2.05) is 0 Å². The van der Waals surface area contributed by atoms with Gasteiger partial charge in [-0.1, -0.05) is 11.6 Å². The van der Waals surface area contributed by atoms with E-state index in [2.05, 4.69) is 0 Å². The van der Waals surface area contributed by atoms with Gasteiger partial charge in [0.25, 0.3) is 5.56 Å². The Morgan fingerprint density at radius 1 is 1.50 bits per heavy atom. The number of nitrogens with zero attached hydrogens (tertiary/aromatic N) is 2. The second-order valence-corrected chi connectivity index (χ2v) is 4.11. The van der Waals surface area contributed by atoms with Gasteiger partial charge in [-0.05, 0) is 6.07 Å². The lowest BCUT2D eigenvalue weighted by atomic mass is 10.1. The number of nitriles is 1. The number of aryl methyl sites for hydroxylation is 1. The maximum Gasteiger partial charge on any atom is 0.272 e. The molecule has 1 aromatic heterocycles. The van der Waals surface area contributed by atoms with E-state index in [1.54, 1.807) is 12.1 Å². The monoisotopic (exact) mass is 264 g/mol. The number of aromatic hydroxyl groups is 1. The molecule has 0 aliphatic rings. The molecular formula is C12H9ClN2O3. The Hall–Kier alpha value is -2.19. The van der Waals surface area contributed by atoms with Crippen LogP contribution in [-0.2, 0) is 7.05 Å². The summed E-state index contributed by atoms with van der Waals surface area (Å²) in [5.41, 5.74) is -0.421. The van der Waals surface area contributed by atoms with Gasteiger partial charge in [-0.15, -0.1) is 0 Å². The van der Waals surface area contributed by atoms with Crippen molar-refractivity contribution in [2.45, 2.75) is 0 Å². The van der Waals surface area contributed by atoms with E-state index in [-0.39, 0.29) is 11.3 Å². The predicted molar refractivity (Wildman–Crippen MR) is 67.1 cm³/mol. The lowest BCUT2D eigenvalue weighted by Crippen LogP contribution is -2.20. The number of halogens is 1. The molecular weight excluding hydrogens is 256 g/mol. The van der Waals surface area contributed by atoms with Gasteiger partial charge in [-0.3, -0.25) is 4.79 Å². The molecule has 1 heterocycles. The highest BCUT2D eigenvalue weighted by Gasteiger charge is 2.16. The highest BCUT2D eigenvalue weighted by Crippen LogP contribution is 2.34. The lowest BCUT2D eigenvalue weighted by molar-refractivity contribution is 0.415. The number of hydrogen-bond donors (Lipinski definition) is 1. The Kier molecular flexibility index (Phi) is 2.89. The van der Waals surface area contributed by atoms with Crippen LogP contribution in [0.2, 0.25) is 5.02 Å². The molecule has 0 radical (unpaired) electrons. The lowest BCUT2D eigenvalue weighted by Gasteiger charge is -2.11. The van der Waals surface area contributed by atoms with E-state index in [9.17, 15) is 9.90 Å². The molecule has 0 unspecified atom stereocenters. The first-order valence-corrected chi connectivity index (χ1v) is 5.38. The van der Waals surface area contributed by atoms with Crippen LogP contribution in [0.25, 0.3) is 10.9 Å². The Labute approximate surface area is 107 Å². The Morgan fingerprint density at radius 3 is 2.72 bits per heavy atom. The van der Waals surface area contributed by atoms with Crippen molar-refractivity contribution in [3.63, 3.8) is 0 Å². The normalized spacial score (nSPS) is 10.3. The van der Waals surface area contributed by atoms with Crippen LogP contribution in [0, 0.1) is 11.3 Å². The smallest absolute Gasteiger partial charge is 0.272 e. The number of methoxy groups -OCH3 is 1. The number of aromatic nitrogens is 1. The molecule has 0 amide bonds. The number of ether oxygens (including phenoxy) is 1. The number of rotatable bonds is 1. The maximum atomic E-state index is 11.8. The van der Waals surface area contributed by atoms with Gasteiger partial charge in [0.15, 0.2) is 5.56 Å². The molecule has 18 heavy (non-hydrogen) atoms. The van der Waals surface area contributed by atoms with Crippen LogP contribution in [0.1, 0.15) is 5.56 Å². The second kappa shape index (κ2) is 4.24. The van der Waals surface area contributed by atoms with E-state index < -0.39 is 5.56 Å². The van der Waals surface area contributed by atoms with Crippen LogP contribution in [0.5, 0.6) is 11.5 Å². The van der Waals surface area contributed by atoms with Gasteiger partial charge in [0.05, 0.1) is 17.6 Å². The summed E-state index contributed by atoms with van der Waals surface area (Å²) in [4.78, 5) is 11.8. The largest absolute Gasteiger partial charge is 0.506 e. The number of hydrogen-bond acceptors (Lipinski definition) is 4. The molecule has 0 atom stereocenters. The fourth-order valence-electron chi connectivity index (χ4n) is 1.78. The van der Waals surface area contributed by atoms with E-state index in [1.165, 1.54) is 24.8 Å². The molecule has 6 heteroatoms. The van der Waals surface area contributed by atoms with Crippen LogP contribution < -0.4 is 10.3 Å². The van der Waals surface area contributed by atoms with Crippen molar-refractivity contribution in [2.24, 2.45) is 7.05 Å². The summed E-state index contributed by atoms with van der Waals surface area (Å²) < 4.78 is 6.32. The van der Waals surface area contributed by atoms with E-state index in [0.717, 1.165) is 0 Å². The number of pyridine rings is 1. The Balaban J connectivity index is 3.04. The molecule has 1 aromatic carbocycles. The van der Waals surface area contributed by atoms with Crippen molar-refractivity contribution < 1.29 is 9.84 Å². The van der Waals surface area contributed by atoms with Gasteiger partial charge in [-0.25, -0.2) is 0 Å². The number of fused-ring (bicyclic) bond motifs is 1. The molecule has 92 valence electrons. The summed E-state index contributed by atoms with van der Waals surface area (Å²) >= 11 is 5.96. The van der Waals surface area contributed by atoms with Crippen LogP contribution in [-0.4, -0.2) is 16.8 Å².